The summed E-state index contributed by atoms with van der Waals surface area (Å²) in [5.41, 5.74) is 0.761. The second kappa shape index (κ2) is 6.52. The van der Waals surface area contributed by atoms with E-state index < -0.39 is 0 Å². The number of carbonyl (C=O) groups excluding carboxylic acids is 1. The standard InChI is InChI=1S/C14H21NO2/c1-11(10-17-4)15(3)12(2)14(16)13-8-6-5-7-9-13/h5-9,11-12H,10H2,1-4H3. The van der Waals surface area contributed by atoms with Crippen LogP contribution in [0.5, 0.6) is 0 Å². The molecule has 0 aromatic heterocycles. The van der Waals surface area contributed by atoms with E-state index in [9.17, 15) is 4.79 Å². The summed E-state index contributed by atoms with van der Waals surface area (Å²) >= 11 is 0. The van der Waals surface area contributed by atoms with E-state index >= 15 is 0 Å². The third-order valence-electron chi connectivity index (χ3n) is 3.15. The molecule has 0 amide bonds. The number of hydrogen-bond donors (Lipinski definition) is 0. The van der Waals surface area contributed by atoms with E-state index in [-0.39, 0.29) is 17.9 Å². The maximum Gasteiger partial charge on any atom is 0.179 e. The van der Waals surface area contributed by atoms with Crippen LogP contribution in [0.3, 0.4) is 0 Å². The van der Waals surface area contributed by atoms with Crippen LogP contribution in [0.25, 0.3) is 0 Å². The fourth-order valence-corrected chi connectivity index (χ4v) is 1.77. The van der Waals surface area contributed by atoms with Crippen molar-refractivity contribution in [3.63, 3.8) is 0 Å². The molecule has 2 atom stereocenters. The van der Waals surface area contributed by atoms with Crippen LogP contribution < -0.4 is 0 Å². The first-order chi connectivity index (χ1) is 8.07. The van der Waals surface area contributed by atoms with E-state index in [4.69, 9.17) is 4.74 Å². The van der Waals surface area contributed by atoms with E-state index in [0.29, 0.717) is 6.61 Å². The van der Waals surface area contributed by atoms with Gasteiger partial charge in [0.2, 0.25) is 0 Å². The summed E-state index contributed by atoms with van der Waals surface area (Å²) in [4.78, 5) is 14.3. The molecule has 0 heterocycles. The molecule has 0 aliphatic rings. The van der Waals surface area contributed by atoms with Crippen LogP contribution in [0.15, 0.2) is 30.3 Å². The predicted octanol–water partition coefficient (Wildman–Crippen LogP) is 2.22. The number of rotatable bonds is 6. The van der Waals surface area contributed by atoms with Gasteiger partial charge in [-0.1, -0.05) is 30.3 Å². The van der Waals surface area contributed by atoms with Crippen LogP contribution >= 0.6 is 0 Å². The van der Waals surface area contributed by atoms with Crippen molar-refractivity contribution in [3.8, 4) is 0 Å². The van der Waals surface area contributed by atoms with Gasteiger partial charge in [-0.25, -0.2) is 0 Å². The van der Waals surface area contributed by atoms with Crippen molar-refractivity contribution >= 4 is 5.78 Å². The van der Waals surface area contributed by atoms with Gasteiger partial charge in [-0.05, 0) is 20.9 Å². The molecule has 94 valence electrons. The normalized spacial score (nSPS) is 14.6. The molecule has 3 nitrogen and oxygen atoms in total. The first-order valence-corrected chi connectivity index (χ1v) is 5.88. The number of Topliss-reactive ketones (excluding diaryl/α,β-unsaturated/α-hetero) is 1. The van der Waals surface area contributed by atoms with E-state index in [2.05, 4.69) is 6.92 Å². The number of hydrogen-bond acceptors (Lipinski definition) is 3. The van der Waals surface area contributed by atoms with Crippen molar-refractivity contribution in [2.75, 3.05) is 20.8 Å². The lowest BCUT2D eigenvalue weighted by molar-refractivity contribution is 0.0693. The Morgan fingerprint density at radius 2 is 1.88 bits per heavy atom. The Kier molecular flexibility index (Phi) is 5.32. The Hall–Kier alpha value is -1.19. The van der Waals surface area contributed by atoms with E-state index in [1.165, 1.54) is 0 Å². The highest BCUT2D eigenvalue weighted by atomic mass is 16.5. The van der Waals surface area contributed by atoms with Crippen LogP contribution in [-0.4, -0.2) is 43.5 Å². The quantitative estimate of drug-likeness (QED) is 0.708. The van der Waals surface area contributed by atoms with Gasteiger partial charge in [-0.2, -0.15) is 0 Å². The van der Waals surface area contributed by atoms with Gasteiger partial charge in [0.05, 0.1) is 12.6 Å². The minimum absolute atomic E-state index is 0.137. The number of benzene rings is 1. The molecule has 2 unspecified atom stereocenters. The lowest BCUT2D eigenvalue weighted by Gasteiger charge is -2.29. The zero-order valence-electron chi connectivity index (χ0n) is 11.0. The fraction of sp³-hybridized carbons (Fsp3) is 0.500. The van der Waals surface area contributed by atoms with Crippen molar-refractivity contribution in [3.05, 3.63) is 35.9 Å². The summed E-state index contributed by atoms with van der Waals surface area (Å²) in [5, 5.41) is 0. The first kappa shape index (κ1) is 13.9. The molecule has 0 aliphatic heterocycles. The lowest BCUT2D eigenvalue weighted by Crippen LogP contribution is -2.43. The van der Waals surface area contributed by atoms with Gasteiger partial charge in [0.1, 0.15) is 0 Å². The zero-order valence-corrected chi connectivity index (χ0v) is 11.0. The zero-order chi connectivity index (χ0) is 12.8. The van der Waals surface area contributed by atoms with Crippen molar-refractivity contribution < 1.29 is 9.53 Å². The number of ether oxygens (including phenoxy) is 1. The number of nitrogens with zero attached hydrogens (tertiary/aromatic N) is 1. The third-order valence-corrected chi connectivity index (χ3v) is 3.15. The van der Waals surface area contributed by atoms with Gasteiger partial charge in [-0.15, -0.1) is 0 Å². The molecule has 0 spiro atoms. The number of methoxy groups -OCH3 is 1. The Balaban J connectivity index is 2.70. The van der Waals surface area contributed by atoms with Gasteiger partial charge < -0.3 is 4.74 Å². The van der Waals surface area contributed by atoms with Gasteiger partial charge in [-0.3, -0.25) is 9.69 Å². The molecule has 1 aromatic carbocycles. The predicted molar refractivity (Wildman–Crippen MR) is 69.3 cm³/mol. The van der Waals surface area contributed by atoms with Crippen LogP contribution in [0.1, 0.15) is 24.2 Å². The van der Waals surface area contributed by atoms with Crippen molar-refractivity contribution in [2.45, 2.75) is 25.9 Å². The number of ketones is 1. The molecule has 3 heteroatoms. The summed E-state index contributed by atoms with van der Waals surface area (Å²) in [6.07, 6.45) is 0. The highest BCUT2D eigenvalue weighted by molar-refractivity contribution is 5.99. The summed E-state index contributed by atoms with van der Waals surface area (Å²) in [7, 11) is 3.63. The molecule has 1 rings (SSSR count). The second-order valence-electron chi connectivity index (χ2n) is 4.38. The van der Waals surface area contributed by atoms with Crippen molar-refractivity contribution in [2.24, 2.45) is 0 Å². The topological polar surface area (TPSA) is 29.5 Å². The second-order valence-corrected chi connectivity index (χ2v) is 4.38. The van der Waals surface area contributed by atoms with Crippen LogP contribution in [0, 0.1) is 0 Å². The molecule has 0 N–H and O–H groups in total. The van der Waals surface area contributed by atoms with E-state index in [1.54, 1.807) is 7.11 Å². The summed E-state index contributed by atoms with van der Waals surface area (Å²) in [6, 6.07) is 9.49. The lowest BCUT2D eigenvalue weighted by atomic mass is 10.0. The molecular formula is C14H21NO2. The third kappa shape index (κ3) is 3.65. The van der Waals surface area contributed by atoms with E-state index in [1.807, 2.05) is 49.2 Å². The van der Waals surface area contributed by atoms with Crippen LogP contribution in [0.2, 0.25) is 0 Å². The maximum atomic E-state index is 12.2. The molecule has 0 fully saturated rings. The minimum atomic E-state index is -0.137. The van der Waals surface area contributed by atoms with Crippen molar-refractivity contribution in [1.29, 1.82) is 0 Å². The number of likely N-dealkylation sites (N-methyl/N-ethyl adjacent to an activating group) is 1. The molecule has 0 bridgehead atoms. The molecule has 0 radical (unpaired) electrons. The average molecular weight is 235 g/mol. The Morgan fingerprint density at radius 1 is 1.29 bits per heavy atom. The van der Waals surface area contributed by atoms with Gasteiger partial charge >= 0.3 is 0 Å². The van der Waals surface area contributed by atoms with Crippen molar-refractivity contribution in [1.82, 2.24) is 4.90 Å². The monoisotopic (exact) mass is 235 g/mol. The summed E-state index contributed by atoms with van der Waals surface area (Å²) in [6.45, 7) is 4.61. The van der Waals surface area contributed by atoms with Gasteiger partial charge in [0.15, 0.2) is 5.78 Å². The molecular weight excluding hydrogens is 214 g/mol. The molecule has 0 saturated heterocycles. The van der Waals surface area contributed by atoms with Gasteiger partial charge in [0, 0.05) is 18.7 Å². The Bertz CT molecular complexity index is 350. The molecule has 17 heavy (non-hydrogen) atoms. The van der Waals surface area contributed by atoms with E-state index in [0.717, 1.165) is 5.56 Å². The maximum absolute atomic E-state index is 12.2. The molecule has 1 aromatic rings. The summed E-state index contributed by atoms with van der Waals surface area (Å²) < 4.78 is 5.11. The SMILES string of the molecule is COCC(C)N(C)C(C)C(=O)c1ccccc1. The minimum Gasteiger partial charge on any atom is -0.383 e. The highest BCUT2D eigenvalue weighted by Crippen LogP contribution is 2.10. The largest absolute Gasteiger partial charge is 0.383 e. The smallest absolute Gasteiger partial charge is 0.179 e. The number of carbonyl (C=O) groups is 1. The Morgan fingerprint density at radius 3 is 2.41 bits per heavy atom. The molecule has 0 aliphatic carbocycles. The average Bonchev–Trinajstić information content (AvgIpc) is 2.37. The fourth-order valence-electron chi connectivity index (χ4n) is 1.77. The first-order valence-electron chi connectivity index (χ1n) is 5.88. The Labute approximate surface area is 103 Å². The van der Waals surface area contributed by atoms with Crippen LogP contribution in [-0.2, 0) is 4.74 Å². The molecule has 0 saturated carbocycles. The highest BCUT2D eigenvalue weighted by Gasteiger charge is 2.22. The van der Waals surface area contributed by atoms with Crippen LogP contribution in [0.4, 0.5) is 0 Å². The van der Waals surface area contributed by atoms with Gasteiger partial charge in [0.25, 0.3) is 0 Å². The summed E-state index contributed by atoms with van der Waals surface area (Å²) in [5.74, 6) is 0.149.